The Balaban J connectivity index is 0.00000392. The molecule has 28 heavy (non-hydrogen) atoms. The average Bonchev–Trinajstić information content (AvgIpc) is 3.12. The number of nitrogens with one attached hydrogen (secondary N) is 3. The van der Waals surface area contributed by atoms with Crippen molar-refractivity contribution in [3.05, 3.63) is 44.9 Å². The lowest BCUT2D eigenvalue weighted by Gasteiger charge is -2.12. The van der Waals surface area contributed by atoms with Crippen molar-refractivity contribution >= 4 is 64.5 Å². The highest BCUT2D eigenvalue weighted by atomic mass is 127. The molecule has 6 nitrogen and oxygen atoms in total. The number of amides is 1. The van der Waals surface area contributed by atoms with Crippen molar-refractivity contribution in [3.8, 4) is 0 Å². The number of thiazole rings is 1. The lowest BCUT2D eigenvalue weighted by molar-refractivity contribution is -0.116. The molecule has 9 heteroatoms. The van der Waals surface area contributed by atoms with Gasteiger partial charge in [-0.2, -0.15) is 0 Å². The number of anilines is 1. The van der Waals surface area contributed by atoms with Gasteiger partial charge >= 0.3 is 0 Å². The first-order valence-corrected chi connectivity index (χ1v) is 10.2. The third kappa shape index (κ3) is 7.92. The van der Waals surface area contributed by atoms with Crippen LogP contribution in [0.5, 0.6) is 0 Å². The quantitative estimate of drug-likeness (QED) is 0.271. The number of nitrogens with zero attached hydrogens (tertiary/aromatic N) is 2. The fourth-order valence-electron chi connectivity index (χ4n) is 2.39. The highest BCUT2D eigenvalue weighted by Crippen LogP contribution is 2.22. The standard InChI is InChI=1S/C19H26ClN5OS.HI/c1-4-14-12-24-18(27-14)9-11-23-19(21-3)22-10-8-17(26)25-16-7-5-6-15(20)13(16)2;/h5-7,12H,4,8-11H2,1-3H3,(H,25,26)(H2,21,22,23);1H. The van der Waals surface area contributed by atoms with E-state index in [4.69, 9.17) is 11.6 Å². The lowest BCUT2D eigenvalue weighted by atomic mass is 10.2. The van der Waals surface area contributed by atoms with Gasteiger partial charge in [-0.15, -0.1) is 35.3 Å². The summed E-state index contributed by atoms with van der Waals surface area (Å²) in [6.07, 6.45) is 4.14. The second kappa shape index (κ2) is 12.9. The number of hydrogen-bond donors (Lipinski definition) is 3. The lowest BCUT2D eigenvalue weighted by Crippen LogP contribution is -2.39. The summed E-state index contributed by atoms with van der Waals surface area (Å²) >= 11 is 7.82. The highest BCUT2D eigenvalue weighted by Gasteiger charge is 2.07. The molecular formula is C19H27ClIN5OS. The van der Waals surface area contributed by atoms with Crippen molar-refractivity contribution < 1.29 is 4.79 Å². The number of aliphatic imine (C=N–C) groups is 1. The monoisotopic (exact) mass is 535 g/mol. The zero-order valence-corrected chi connectivity index (χ0v) is 20.2. The minimum Gasteiger partial charge on any atom is -0.356 e. The molecule has 0 saturated heterocycles. The van der Waals surface area contributed by atoms with Gasteiger partial charge in [0.15, 0.2) is 5.96 Å². The normalized spacial score (nSPS) is 10.9. The Labute approximate surface area is 192 Å². The zero-order valence-electron chi connectivity index (χ0n) is 16.3. The van der Waals surface area contributed by atoms with Crippen LogP contribution in [0.25, 0.3) is 0 Å². The van der Waals surface area contributed by atoms with E-state index in [-0.39, 0.29) is 29.9 Å². The van der Waals surface area contributed by atoms with E-state index in [1.807, 2.05) is 25.3 Å². The first-order chi connectivity index (χ1) is 13.0. The minimum absolute atomic E-state index is 0. The van der Waals surface area contributed by atoms with E-state index in [1.54, 1.807) is 24.5 Å². The molecule has 0 fully saturated rings. The van der Waals surface area contributed by atoms with Gasteiger partial charge in [0.1, 0.15) is 0 Å². The second-order valence-corrected chi connectivity index (χ2v) is 7.57. The number of carbonyl (C=O) groups excluding carboxylic acids is 1. The number of aromatic nitrogens is 1. The van der Waals surface area contributed by atoms with Crippen LogP contribution in [0.4, 0.5) is 5.69 Å². The molecule has 1 heterocycles. The summed E-state index contributed by atoms with van der Waals surface area (Å²) in [6, 6.07) is 5.47. The topological polar surface area (TPSA) is 78.4 Å². The number of carbonyl (C=O) groups is 1. The second-order valence-electron chi connectivity index (χ2n) is 5.96. The molecule has 154 valence electrons. The number of guanidine groups is 1. The van der Waals surface area contributed by atoms with Gasteiger partial charge in [-0.25, -0.2) is 4.98 Å². The molecule has 0 aliphatic heterocycles. The van der Waals surface area contributed by atoms with Crippen LogP contribution < -0.4 is 16.0 Å². The van der Waals surface area contributed by atoms with Gasteiger partial charge in [0.2, 0.25) is 5.91 Å². The van der Waals surface area contributed by atoms with E-state index < -0.39 is 0 Å². The number of benzene rings is 1. The van der Waals surface area contributed by atoms with Crippen LogP contribution in [0, 0.1) is 6.92 Å². The molecule has 0 aliphatic carbocycles. The van der Waals surface area contributed by atoms with E-state index in [1.165, 1.54) is 4.88 Å². The van der Waals surface area contributed by atoms with Crippen LogP contribution in [-0.4, -0.2) is 37.0 Å². The van der Waals surface area contributed by atoms with E-state index in [2.05, 4.69) is 32.9 Å². The maximum atomic E-state index is 12.1. The Morgan fingerprint density at radius 2 is 2.04 bits per heavy atom. The summed E-state index contributed by atoms with van der Waals surface area (Å²) in [5.41, 5.74) is 1.61. The molecule has 0 bridgehead atoms. The Kier molecular flexibility index (Phi) is 11.4. The molecule has 2 aromatic rings. The summed E-state index contributed by atoms with van der Waals surface area (Å²) in [6.45, 7) is 5.24. The zero-order chi connectivity index (χ0) is 19.6. The van der Waals surface area contributed by atoms with Crippen molar-refractivity contribution in [2.45, 2.75) is 33.1 Å². The molecule has 0 atom stereocenters. The van der Waals surface area contributed by atoms with Crippen molar-refractivity contribution in [2.24, 2.45) is 4.99 Å². The van der Waals surface area contributed by atoms with E-state index in [0.717, 1.165) is 35.6 Å². The van der Waals surface area contributed by atoms with E-state index in [9.17, 15) is 4.79 Å². The minimum atomic E-state index is -0.0711. The van der Waals surface area contributed by atoms with Gasteiger partial charge in [0.25, 0.3) is 0 Å². The fraction of sp³-hybridized carbons (Fsp3) is 0.421. The van der Waals surface area contributed by atoms with Crippen LogP contribution in [0.1, 0.15) is 28.8 Å². The smallest absolute Gasteiger partial charge is 0.226 e. The molecule has 1 aromatic heterocycles. The van der Waals surface area contributed by atoms with E-state index >= 15 is 0 Å². The Morgan fingerprint density at radius 3 is 2.71 bits per heavy atom. The number of aryl methyl sites for hydroxylation is 1. The van der Waals surface area contributed by atoms with Gasteiger partial charge in [-0.05, 0) is 31.0 Å². The molecule has 0 aliphatic rings. The number of hydrogen-bond acceptors (Lipinski definition) is 4. The van der Waals surface area contributed by atoms with Crippen LogP contribution in [0.2, 0.25) is 5.02 Å². The molecule has 3 N–H and O–H groups in total. The molecule has 0 spiro atoms. The predicted molar refractivity (Wildman–Crippen MR) is 129 cm³/mol. The Bertz CT molecular complexity index is 796. The molecule has 1 aromatic carbocycles. The summed E-state index contributed by atoms with van der Waals surface area (Å²) in [7, 11) is 1.71. The molecule has 0 unspecified atom stereocenters. The van der Waals surface area contributed by atoms with Gasteiger partial charge < -0.3 is 16.0 Å². The maximum Gasteiger partial charge on any atom is 0.226 e. The first kappa shape index (κ1) is 24.6. The van der Waals surface area contributed by atoms with Crippen LogP contribution >= 0.6 is 46.9 Å². The summed E-state index contributed by atoms with van der Waals surface area (Å²) in [5.74, 6) is 0.604. The molecule has 0 radical (unpaired) electrons. The van der Waals surface area contributed by atoms with Crippen LogP contribution in [-0.2, 0) is 17.6 Å². The van der Waals surface area contributed by atoms with Gasteiger partial charge in [0.05, 0.1) is 5.01 Å². The van der Waals surface area contributed by atoms with E-state index in [0.29, 0.717) is 23.9 Å². The van der Waals surface area contributed by atoms with Crippen molar-refractivity contribution in [1.82, 2.24) is 15.6 Å². The van der Waals surface area contributed by atoms with Gasteiger partial charge in [0, 0.05) is 54.8 Å². The summed E-state index contributed by atoms with van der Waals surface area (Å²) in [5, 5.41) is 11.0. The number of halogens is 2. The molecule has 0 saturated carbocycles. The molecular weight excluding hydrogens is 509 g/mol. The van der Waals surface area contributed by atoms with Crippen molar-refractivity contribution in [3.63, 3.8) is 0 Å². The summed E-state index contributed by atoms with van der Waals surface area (Å²) < 4.78 is 0. The first-order valence-electron chi connectivity index (χ1n) is 8.96. The fourth-order valence-corrected chi connectivity index (χ4v) is 3.42. The molecule has 2 rings (SSSR count). The maximum absolute atomic E-state index is 12.1. The third-order valence-electron chi connectivity index (χ3n) is 3.99. The van der Waals surface area contributed by atoms with Gasteiger partial charge in [-0.3, -0.25) is 9.79 Å². The van der Waals surface area contributed by atoms with Gasteiger partial charge in [-0.1, -0.05) is 24.6 Å². The predicted octanol–water partition coefficient (Wildman–Crippen LogP) is 4.02. The van der Waals surface area contributed by atoms with Crippen molar-refractivity contribution in [1.29, 1.82) is 0 Å². The Hall–Kier alpha value is -1.39. The van der Waals surface area contributed by atoms with Crippen LogP contribution in [0.3, 0.4) is 0 Å². The molecule has 1 amide bonds. The largest absolute Gasteiger partial charge is 0.356 e. The van der Waals surface area contributed by atoms with Crippen LogP contribution in [0.15, 0.2) is 29.4 Å². The SMILES string of the molecule is CCc1cnc(CCNC(=NC)NCCC(=O)Nc2cccc(Cl)c2C)s1.I. The number of rotatable bonds is 8. The average molecular weight is 536 g/mol. The third-order valence-corrected chi connectivity index (χ3v) is 5.60. The highest BCUT2D eigenvalue weighted by molar-refractivity contribution is 14.0. The van der Waals surface area contributed by atoms with Crippen molar-refractivity contribution in [2.75, 3.05) is 25.5 Å². The Morgan fingerprint density at radius 1 is 1.29 bits per heavy atom. The summed E-state index contributed by atoms with van der Waals surface area (Å²) in [4.78, 5) is 22.0.